The van der Waals surface area contributed by atoms with Crippen molar-refractivity contribution >= 4 is 21.6 Å². The first-order chi connectivity index (χ1) is 14.5. The number of alkyl halides is 3. The summed E-state index contributed by atoms with van der Waals surface area (Å²) in [6.07, 6.45) is 1.13. The number of hydrogen-bond acceptors (Lipinski definition) is 3. The molecule has 0 atom stereocenters. The molecule has 2 N–H and O–H groups in total. The maximum absolute atomic E-state index is 12.8. The number of nitrogens with zero attached hydrogens (tertiary/aromatic N) is 1. The van der Waals surface area contributed by atoms with Crippen LogP contribution in [0, 0.1) is 13.8 Å². The third-order valence-corrected chi connectivity index (χ3v) is 6.97. The predicted molar refractivity (Wildman–Crippen MR) is 112 cm³/mol. The standard InChI is InChI=1S/C21H26F3N3O3S/c1-14-12-19(15(2)27(14)17-6-4-3-5-7-17)20(28)26-16-8-10-18(11-9-16)31(29,30)25-13-21(22,23)24/h8-12,17,25H,3-7,13H2,1-2H3,(H,26,28). The van der Waals surface area contributed by atoms with Crippen LogP contribution in [0.2, 0.25) is 0 Å². The highest BCUT2D eigenvalue weighted by Crippen LogP contribution is 2.32. The third-order valence-electron chi connectivity index (χ3n) is 5.55. The minimum atomic E-state index is -4.65. The SMILES string of the molecule is Cc1cc(C(=O)Nc2ccc(S(=O)(=O)NCC(F)(F)F)cc2)c(C)n1C1CCCCC1. The Labute approximate surface area is 179 Å². The number of anilines is 1. The minimum Gasteiger partial charge on any atom is -0.345 e. The lowest BCUT2D eigenvalue weighted by atomic mass is 9.95. The molecule has 0 unspecified atom stereocenters. The number of benzene rings is 1. The van der Waals surface area contributed by atoms with Crippen LogP contribution in [-0.2, 0) is 10.0 Å². The number of aryl methyl sites for hydroxylation is 1. The number of rotatable bonds is 6. The summed E-state index contributed by atoms with van der Waals surface area (Å²) in [4.78, 5) is 12.5. The average molecular weight is 458 g/mol. The van der Waals surface area contributed by atoms with Crippen LogP contribution in [0.5, 0.6) is 0 Å². The highest BCUT2D eigenvalue weighted by atomic mass is 32.2. The van der Waals surface area contributed by atoms with Crippen molar-refractivity contribution in [2.75, 3.05) is 11.9 Å². The number of halogens is 3. The maximum atomic E-state index is 12.8. The summed E-state index contributed by atoms with van der Waals surface area (Å²) in [6, 6.07) is 7.24. The van der Waals surface area contributed by atoms with Gasteiger partial charge >= 0.3 is 6.18 Å². The molecule has 31 heavy (non-hydrogen) atoms. The van der Waals surface area contributed by atoms with Crippen molar-refractivity contribution in [3.63, 3.8) is 0 Å². The van der Waals surface area contributed by atoms with Gasteiger partial charge in [0.25, 0.3) is 5.91 Å². The summed E-state index contributed by atoms with van der Waals surface area (Å²) in [6.45, 7) is 2.24. The second-order valence-corrected chi connectivity index (χ2v) is 9.63. The number of nitrogens with one attached hydrogen (secondary N) is 2. The first-order valence-electron chi connectivity index (χ1n) is 10.1. The summed E-state index contributed by atoms with van der Waals surface area (Å²) >= 11 is 0. The predicted octanol–water partition coefficient (Wildman–Crippen LogP) is 4.70. The summed E-state index contributed by atoms with van der Waals surface area (Å²) in [5.41, 5.74) is 2.80. The third kappa shape index (κ3) is 5.68. The van der Waals surface area contributed by atoms with Crippen LogP contribution >= 0.6 is 0 Å². The molecule has 0 aliphatic heterocycles. The fraction of sp³-hybridized carbons (Fsp3) is 0.476. The Balaban J connectivity index is 1.71. The van der Waals surface area contributed by atoms with Crippen LogP contribution in [0.3, 0.4) is 0 Å². The lowest BCUT2D eigenvalue weighted by molar-refractivity contribution is -0.121. The Kier molecular flexibility index (Phi) is 6.80. The molecule has 1 amide bonds. The average Bonchev–Trinajstić information content (AvgIpc) is 3.01. The molecule has 2 aromatic rings. The second-order valence-electron chi connectivity index (χ2n) is 7.86. The molecule has 10 heteroatoms. The molecule has 1 fully saturated rings. The number of sulfonamides is 1. The van der Waals surface area contributed by atoms with Gasteiger partial charge in [0.05, 0.1) is 10.5 Å². The molecule has 1 aliphatic rings. The first kappa shape index (κ1) is 23.3. The second kappa shape index (κ2) is 9.04. The molecule has 0 saturated heterocycles. The van der Waals surface area contributed by atoms with Crippen LogP contribution in [0.1, 0.15) is 59.9 Å². The minimum absolute atomic E-state index is 0.315. The van der Waals surface area contributed by atoms with Gasteiger partial charge in [0, 0.05) is 23.1 Å². The van der Waals surface area contributed by atoms with Crippen molar-refractivity contribution in [1.82, 2.24) is 9.29 Å². The van der Waals surface area contributed by atoms with Crippen molar-refractivity contribution in [1.29, 1.82) is 0 Å². The van der Waals surface area contributed by atoms with Crippen LogP contribution in [0.15, 0.2) is 35.2 Å². The molecule has 1 heterocycles. The van der Waals surface area contributed by atoms with Crippen molar-refractivity contribution in [2.24, 2.45) is 0 Å². The van der Waals surface area contributed by atoms with Gasteiger partial charge in [-0.25, -0.2) is 13.1 Å². The van der Waals surface area contributed by atoms with Gasteiger partial charge in [0.1, 0.15) is 6.54 Å². The molecule has 1 aromatic heterocycles. The molecule has 1 saturated carbocycles. The van der Waals surface area contributed by atoms with Gasteiger partial charge in [-0.15, -0.1) is 0 Å². The smallest absolute Gasteiger partial charge is 0.345 e. The first-order valence-corrected chi connectivity index (χ1v) is 11.6. The Bertz CT molecular complexity index is 1040. The van der Waals surface area contributed by atoms with Gasteiger partial charge < -0.3 is 9.88 Å². The highest BCUT2D eigenvalue weighted by molar-refractivity contribution is 7.89. The zero-order valence-electron chi connectivity index (χ0n) is 17.4. The topological polar surface area (TPSA) is 80.2 Å². The van der Waals surface area contributed by atoms with Crippen molar-refractivity contribution in [2.45, 2.75) is 63.1 Å². The maximum Gasteiger partial charge on any atom is 0.402 e. The van der Waals surface area contributed by atoms with Crippen molar-refractivity contribution in [3.8, 4) is 0 Å². The molecular weight excluding hydrogens is 431 g/mol. The van der Waals surface area contributed by atoms with E-state index in [0.29, 0.717) is 17.3 Å². The van der Waals surface area contributed by atoms with Gasteiger partial charge in [-0.2, -0.15) is 13.2 Å². The van der Waals surface area contributed by atoms with Crippen LogP contribution in [0.4, 0.5) is 18.9 Å². The summed E-state index contributed by atoms with van der Waals surface area (Å²) in [5, 5.41) is 2.73. The van der Waals surface area contributed by atoms with E-state index in [-0.39, 0.29) is 10.8 Å². The fourth-order valence-electron chi connectivity index (χ4n) is 4.08. The van der Waals surface area contributed by atoms with Gasteiger partial charge in [0.2, 0.25) is 10.0 Å². The van der Waals surface area contributed by atoms with Crippen LogP contribution < -0.4 is 10.0 Å². The Hall–Kier alpha value is -2.33. The van der Waals surface area contributed by atoms with Gasteiger partial charge in [-0.3, -0.25) is 4.79 Å². The van der Waals surface area contributed by atoms with Crippen LogP contribution in [0.25, 0.3) is 0 Å². The molecule has 0 radical (unpaired) electrons. The van der Waals surface area contributed by atoms with Crippen molar-refractivity contribution < 1.29 is 26.4 Å². The Morgan fingerprint density at radius 3 is 2.29 bits per heavy atom. The summed E-state index contributed by atoms with van der Waals surface area (Å²) < 4.78 is 64.5. The Morgan fingerprint density at radius 2 is 1.71 bits per heavy atom. The van der Waals surface area contributed by atoms with E-state index in [2.05, 4.69) is 9.88 Å². The van der Waals surface area contributed by atoms with E-state index in [0.717, 1.165) is 36.4 Å². The summed E-state index contributed by atoms with van der Waals surface area (Å²) in [7, 11) is -4.30. The molecular formula is C21H26F3N3O3S. The van der Waals surface area contributed by atoms with E-state index in [4.69, 9.17) is 0 Å². The molecule has 170 valence electrons. The molecule has 1 aromatic carbocycles. The monoisotopic (exact) mass is 457 g/mol. The highest BCUT2D eigenvalue weighted by Gasteiger charge is 2.30. The zero-order valence-corrected chi connectivity index (χ0v) is 18.2. The van der Waals surface area contributed by atoms with E-state index >= 15 is 0 Å². The number of aromatic nitrogens is 1. The normalized spacial score (nSPS) is 15.8. The van der Waals surface area contributed by atoms with Crippen molar-refractivity contribution in [3.05, 3.63) is 47.3 Å². The number of hydrogen-bond donors (Lipinski definition) is 2. The van der Waals surface area contributed by atoms with E-state index in [9.17, 15) is 26.4 Å². The van der Waals surface area contributed by atoms with Gasteiger partial charge in [-0.05, 0) is 57.0 Å². The summed E-state index contributed by atoms with van der Waals surface area (Å²) in [5.74, 6) is -0.319. The zero-order chi connectivity index (χ0) is 22.8. The van der Waals surface area contributed by atoms with E-state index in [1.54, 1.807) is 0 Å². The molecule has 0 spiro atoms. The Morgan fingerprint density at radius 1 is 1.10 bits per heavy atom. The number of carbonyl (C=O) groups is 1. The van der Waals surface area contributed by atoms with E-state index in [1.807, 2.05) is 19.9 Å². The van der Waals surface area contributed by atoms with Gasteiger partial charge in [-0.1, -0.05) is 19.3 Å². The van der Waals surface area contributed by atoms with Crippen LogP contribution in [-0.4, -0.2) is 31.6 Å². The largest absolute Gasteiger partial charge is 0.402 e. The lowest BCUT2D eigenvalue weighted by Crippen LogP contribution is -2.33. The lowest BCUT2D eigenvalue weighted by Gasteiger charge is -2.26. The molecule has 0 bridgehead atoms. The molecule has 6 nitrogen and oxygen atoms in total. The van der Waals surface area contributed by atoms with Gasteiger partial charge in [0.15, 0.2) is 0 Å². The van der Waals surface area contributed by atoms with E-state index < -0.39 is 22.7 Å². The fourth-order valence-corrected chi connectivity index (χ4v) is 5.10. The number of amides is 1. The quantitative estimate of drug-likeness (QED) is 0.660. The number of carbonyl (C=O) groups excluding carboxylic acids is 1. The molecule has 1 aliphatic carbocycles. The van der Waals surface area contributed by atoms with E-state index in [1.165, 1.54) is 36.1 Å². The molecule has 3 rings (SSSR count).